The van der Waals surface area contributed by atoms with Crippen molar-refractivity contribution < 1.29 is 23.9 Å². The lowest BCUT2D eigenvalue weighted by Crippen LogP contribution is -2.38. The predicted octanol–water partition coefficient (Wildman–Crippen LogP) is 3.53. The Labute approximate surface area is 178 Å². The fourth-order valence-electron chi connectivity index (χ4n) is 2.69. The van der Waals surface area contributed by atoms with E-state index in [2.05, 4.69) is 15.0 Å². The Bertz CT molecular complexity index is 882. The van der Waals surface area contributed by atoms with Crippen LogP contribution >= 0.6 is 23.2 Å². The highest BCUT2D eigenvalue weighted by Gasteiger charge is 2.26. The molecule has 1 aromatic heterocycles. The number of rotatable bonds is 7. The molecule has 1 aromatic carbocycles. The minimum Gasteiger partial charge on any atom is -0.465 e. The van der Waals surface area contributed by atoms with Crippen LogP contribution in [0.1, 0.15) is 41.4 Å². The number of carbonyl (C=O) groups is 3. The van der Waals surface area contributed by atoms with E-state index in [1.54, 1.807) is 24.3 Å². The quantitative estimate of drug-likeness (QED) is 0.524. The SMILES string of the molecule is COC(=O)c1ccc(CC(C)NC(=O)C(OC(C)=O)c2cc(Cl)nc(Cl)c2)cc1. The summed E-state index contributed by atoms with van der Waals surface area (Å²) >= 11 is 11.8. The molecular weight excluding hydrogens is 419 g/mol. The molecule has 1 heterocycles. The molecule has 0 aliphatic heterocycles. The van der Waals surface area contributed by atoms with E-state index in [9.17, 15) is 14.4 Å². The van der Waals surface area contributed by atoms with Crippen molar-refractivity contribution in [2.75, 3.05) is 7.11 Å². The summed E-state index contributed by atoms with van der Waals surface area (Å²) in [6.45, 7) is 3.01. The van der Waals surface area contributed by atoms with Gasteiger partial charge in [-0.15, -0.1) is 0 Å². The zero-order chi connectivity index (χ0) is 21.6. The molecule has 154 valence electrons. The summed E-state index contributed by atoms with van der Waals surface area (Å²) in [5.74, 6) is -1.56. The Balaban J connectivity index is 2.09. The molecule has 0 saturated carbocycles. The highest BCUT2D eigenvalue weighted by molar-refractivity contribution is 6.32. The summed E-state index contributed by atoms with van der Waals surface area (Å²) in [5.41, 5.74) is 1.66. The first kappa shape index (κ1) is 22.6. The van der Waals surface area contributed by atoms with Gasteiger partial charge in [-0.1, -0.05) is 35.3 Å². The van der Waals surface area contributed by atoms with Gasteiger partial charge in [0, 0.05) is 18.5 Å². The fraction of sp³-hybridized carbons (Fsp3) is 0.300. The number of nitrogens with zero attached hydrogens (tertiary/aromatic N) is 1. The summed E-state index contributed by atoms with van der Waals surface area (Å²) in [6.07, 6.45) is -0.715. The van der Waals surface area contributed by atoms with Crippen molar-refractivity contribution in [3.8, 4) is 0 Å². The minimum absolute atomic E-state index is 0.0798. The maximum atomic E-state index is 12.7. The monoisotopic (exact) mass is 438 g/mol. The fourth-order valence-corrected chi connectivity index (χ4v) is 3.17. The topological polar surface area (TPSA) is 94.6 Å². The number of amides is 1. The van der Waals surface area contributed by atoms with Gasteiger partial charge in [-0.3, -0.25) is 9.59 Å². The molecule has 0 radical (unpaired) electrons. The van der Waals surface area contributed by atoms with Gasteiger partial charge in [0.25, 0.3) is 5.91 Å². The Morgan fingerprint density at radius 2 is 1.69 bits per heavy atom. The van der Waals surface area contributed by atoms with E-state index in [0.717, 1.165) is 5.56 Å². The zero-order valence-electron chi connectivity index (χ0n) is 16.1. The number of carbonyl (C=O) groups excluding carboxylic acids is 3. The highest BCUT2D eigenvalue weighted by Crippen LogP contribution is 2.24. The molecule has 0 fully saturated rings. The van der Waals surface area contributed by atoms with Crippen molar-refractivity contribution in [1.82, 2.24) is 10.3 Å². The molecule has 0 aliphatic carbocycles. The minimum atomic E-state index is -1.21. The van der Waals surface area contributed by atoms with Crippen LogP contribution in [0.5, 0.6) is 0 Å². The molecule has 1 N–H and O–H groups in total. The van der Waals surface area contributed by atoms with E-state index in [1.807, 2.05) is 6.92 Å². The second kappa shape index (κ2) is 10.2. The Kier molecular flexibility index (Phi) is 7.99. The Morgan fingerprint density at radius 1 is 1.10 bits per heavy atom. The molecule has 2 atom stereocenters. The van der Waals surface area contributed by atoms with E-state index in [1.165, 1.54) is 26.2 Å². The van der Waals surface area contributed by atoms with Gasteiger partial charge in [-0.05, 0) is 43.2 Å². The third kappa shape index (κ3) is 6.73. The molecule has 0 aliphatic rings. The van der Waals surface area contributed by atoms with Crippen LogP contribution in [0.2, 0.25) is 10.3 Å². The van der Waals surface area contributed by atoms with Crippen LogP contribution in [-0.4, -0.2) is 36.0 Å². The van der Waals surface area contributed by atoms with Crippen LogP contribution in [0.3, 0.4) is 0 Å². The van der Waals surface area contributed by atoms with Crippen LogP contribution in [0.4, 0.5) is 0 Å². The number of hydrogen-bond donors (Lipinski definition) is 1. The summed E-state index contributed by atoms with van der Waals surface area (Å²) in [5, 5.41) is 2.97. The van der Waals surface area contributed by atoms with E-state index < -0.39 is 23.9 Å². The predicted molar refractivity (Wildman–Crippen MR) is 108 cm³/mol. The Morgan fingerprint density at radius 3 is 2.21 bits per heavy atom. The number of hydrogen-bond acceptors (Lipinski definition) is 6. The molecule has 2 unspecified atom stereocenters. The molecule has 1 amide bonds. The average Bonchev–Trinajstić information content (AvgIpc) is 2.64. The summed E-state index contributed by atoms with van der Waals surface area (Å²) in [7, 11) is 1.32. The second-order valence-electron chi connectivity index (χ2n) is 6.34. The zero-order valence-corrected chi connectivity index (χ0v) is 17.6. The molecule has 7 nitrogen and oxygen atoms in total. The lowest BCUT2D eigenvalue weighted by molar-refractivity contribution is -0.154. The van der Waals surface area contributed by atoms with Crippen LogP contribution < -0.4 is 5.32 Å². The van der Waals surface area contributed by atoms with Gasteiger partial charge >= 0.3 is 11.9 Å². The van der Waals surface area contributed by atoms with Crippen LogP contribution in [0.25, 0.3) is 0 Å². The Hall–Kier alpha value is -2.64. The molecule has 29 heavy (non-hydrogen) atoms. The number of halogens is 2. The molecular formula is C20H20Cl2N2O5. The number of esters is 2. The van der Waals surface area contributed by atoms with Crippen molar-refractivity contribution in [2.45, 2.75) is 32.4 Å². The number of ether oxygens (including phenoxy) is 2. The normalized spacial score (nSPS) is 12.6. The van der Waals surface area contributed by atoms with Crippen molar-refractivity contribution in [1.29, 1.82) is 0 Å². The van der Waals surface area contributed by atoms with Crippen molar-refractivity contribution in [3.05, 3.63) is 63.4 Å². The van der Waals surface area contributed by atoms with E-state index in [4.69, 9.17) is 27.9 Å². The summed E-state index contributed by atoms with van der Waals surface area (Å²) < 4.78 is 9.83. The molecule has 0 spiro atoms. The highest BCUT2D eigenvalue weighted by atomic mass is 35.5. The third-order valence-corrected chi connectivity index (χ3v) is 4.30. The lowest BCUT2D eigenvalue weighted by Gasteiger charge is -2.21. The standard InChI is InChI=1S/C20H20Cl2N2O5/c1-11(8-13-4-6-14(7-5-13)20(27)28-3)23-19(26)18(29-12(2)25)15-9-16(21)24-17(22)10-15/h4-7,9-11,18H,8H2,1-3H3,(H,23,26). The van der Waals surface area contributed by atoms with E-state index in [-0.39, 0.29) is 16.3 Å². The van der Waals surface area contributed by atoms with Gasteiger partial charge < -0.3 is 14.8 Å². The molecule has 0 bridgehead atoms. The van der Waals surface area contributed by atoms with Gasteiger partial charge in [-0.2, -0.15) is 0 Å². The first-order valence-electron chi connectivity index (χ1n) is 8.67. The number of aromatic nitrogens is 1. The largest absolute Gasteiger partial charge is 0.465 e. The maximum absolute atomic E-state index is 12.7. The number of pyridine rings is 1. The maximum Gasteiger partial charge on any atom is 0.337 e. The van der Waals surface area contributed by atoms with Crippen LogP contribution in [-0.2, 0) is 25.5 Å². The summed E-state index contributed by atoms with van der Waals surface area (Å²) in [6, 6.07) is 9.41. The first-order valence-corrected chi connectivity index (χ1v) is 9.43. The van der Waals surface area contributed by atoms with Gasteiger partial charge in [0.1, 0.15) is 10.3 Å². The van der Waals surface area contributed by atoms with Gasteiger partial charge in [0.2, 0.25) is 6.10 Å². The average molecular weight is 439 g/mol. The van der Waals surface area contributed by atoms with Gasteiger partial charge in [0.05, 0.1) is 12.7 Å². The van der Waals surface area contributed by atoms with Crippen molar-refractivity contribution in [2.24, 2.45) is 0 Å². The first-order chi connectivity index (χ1) is 13.7. The van der Waals surface area contributed by atoms with E-state index in [0.29, 0.717) is 17.5 Å². The smallest absolute Gasteiger partial charge is 0.337 e. The van der Waals surface area contributed by atoms with Crippen molar-refractivity contribution >= 4 is 41.0 Å². The van der Waals surface area contributed by atoms with E-state index >= 15 is 0 Å². The third-order valence-electron chi connectivity index (χ3n) is 3.92. The number of nitrogens with one attached hydrogen (secondary N) is 1. The van der Waals surface area contributed by atoms with Crippen LogP contribution in [0, 0.1) is 0 Å². The number of benzene rings is 1. The van der Waals surface area contributed by atoms with Gasteiger partial charge in [-0.25, -0.2) is 9.78 Å². The molecule has 2 rings (SSSR count). The second-order valence-corrected chi connectivity index (χ2v) is 7.11. The molecule has 0 saturated heterocycles. The van der Waals surface area contributed by atoms with Crippen molar-refractivity contribution in [3.63, 3.8) is 0 Å². The molecule has 2 aromatic rings. The molecule has 9 heteroatoms. The van der Waals surface area contributed by atoms with Gasteiger partial charge in [0.15, 0.2) is 0 Å². The number of methoxy groups -OCH3 is 1. The lowest BCUT2D eigenvalue weighted by atomic mass is 10.0. The summed E-state index contributed by atoms with van der Waals surface area (Å²) in [4.78, 5) is 39.5. The van der Waals surface area contributed by atoms with Crippen LogP contribution in [0.15, 0.2) is 36.4 Å².